The monoisotopic (exact) mass is 544 g/mol. The second-order valence-electron chi connectivity index (χ2n) is 9.52. The minimum atomic E-state index is -0.586. The molecular formula is C30H24N8O3. The normalized spacial score (nSPS) is 15.8. The van der Waals surface area contributed by atoms with Gasteiger partial charge in [-0.3, -0.25) is 19.7 Å². The Hall–Kier alpha value is -5.81. The molecule has 3 amide bonds. The molecule has 1 aromatic heterocycles. The number of amides is 3. The van der Waals surface area contributed by atoms with E-state index in [-0.39, 0.29) is 24.3 Å². The molecule has 3 aromatic carbocycles. The SMILES string of the molecule is N#Cc1ccc(C(c2ccc(C#N)cc2)n2cncn2)cc1.Nc1cccc2c1CN(C1CCC(=O)NC1=O)C2=O. The van der Waals surface area contributed by atoms with Crippen molar-refractivity contribution in [3.8, 4) is 12.1 Å². The molecule has 41 heavy (non-hydrogen) atoms. The molecule has 2 aliphatic heterocycles. The van der Waals surface area contributed by atoms with E-state index in [1.54, 1.807) is 53.5 Å². The predicted octanol–water partition coefficient (Wildman–Crippen LogP) is 2.69. The van der Waals surface area contributed by atoms with E-state index in [0.29, 0.717) is 35.3 Å². The fraction of sp³-hybridized carbons (Fsp3) is 0.167. The van der Waals surface area contributed by atoms with Crippen LogP contribution in [-0.2, 0) is 16.1 Å². The first-order valence-corrected chi connectivity index (χ1v) is 12.8. The first kappa shape index (κ1) is 26.8. The number of piperidine rings is 1. The van der Waals surface area contributed by atoms with Crippen molar-refractivity contribution < 1.29 is 14.4 Å². The molecule has 4 aromatic rings. The molecule has 0 spiro atoms. The summed E-state index contributed by atoms with van der Waals surface area (Å²) in [5.41, 5.74) is 10.9. The van der Waals surface area contributed by atoms with Gasteiger partial charge < -0.3 is 10.6 Å². The molecule has 11 heteroatoms. The van der Waals surface area contributed by atoms with Crippen molar-refractivity contribution in [3.63, 3.8) is 0 Å². The van der Waals surface area contributed by atoms with E-state index in [1.165, 1.54) is 11.2 Å². The topological polar surface area (TPSA) is 171 Å². The largest absolute Gasteiger partial charge is 0.398 e. The number of nitrogens with one attached hydrogen (secondary N) is 1. The first-order valence-electron chi connectivity index (χ1n) is 12.8. The summed E-state index contributed by atoms with van der Waals surface area (Å²) < 4.78 is 1.75. The van der Waals surface area contributed by atoms with Crippen molar-refractivity contribution >= 4 is 23.4 Å². The molecule has 3 N–H and O–H groups in total. The standard InChI is InChI=1S/C17H11N5.C13H13N3O3/c18-9-13-1-5-15(6-2-13)17(22-12-20-11-21-22)16-7-3-14(10-19)4-8-16;14-9-3-1-2-7-8(9)6-16(13(7)19)10-4-5-11(17)15-12(10)18/h1-8,11-12,17H;1-3,10H,4-6,14H2,(H,15,17,18). The number of hydrogen-bond acceptors (Lipinski definition) is 8. The quantitative estimate of drug-likeness (QED) is 0.292. The van der Waals surface area contributed by atoms with E-state index in [2.05, 4.69) is 27.5 Å². The van der Waals surface area contributed by atoms with Gasteiger partial charge in [0.15, 0.2) is 0 Å². The van der Waals surface area contributed by atoms with Gasteiger partial charge in [0.2, 0.25) is 11.8 Å². The number of nitriles is 2. The molecule has 2 aliphatic rings. The average Bonchev–Trinajstić information content (AvgIpc) is 3.64. The van der Waals surface area contributed by atoms with Crippen LogP contribution in [0.5, 0.6) is 0 Å². The van der Waals surface area contributed by atoms with Crippen LogP contribution in [0.25, 0.3) is 0 Å². The maximum Gasteiger partial charge on any atom is 0.255 e. The minimum Gasteiger partial charge on any atom is -0.398 e. The second-order valence-corrected chi connectivity index (χ2v) is 9.52. The van der Waals surface area contributed by atoms with Crippen molar-refractivity contribution in [1.82, 2.24) is 25.0 Å². The van der Waals surface area contributed by atoms with Crippen LogP contribution in [-0.4, -0.2) is 43.4 Å². The number of nitrogens with two attached hydrogens (primary N) is 1. The molecule has 0 aliphatic carbocycles. The van der Waals surface area contributed by atoms with Gasteiger partial charge in [0, 0.05) is 29.8 Å². The van der Waals surface area contributed by atoms with Gasteiger partial charge in [0.05, 0.1) is 23.3 Å². The molecule has 1 unspecified atom stereocenters. The third-order valence-corrected chi connectivity index (χ3v) is 7.03. The van der Waals surface area contributed by atoms with E-state index < -0.39 is 11.9 Å². The summed E-state index contributed by atoms with van der Waals surface area (Å²) in [5, 5.41) is 24.3. The summed E-state index contributed by atoms with van der Waals surface area (Å²) in [4.78, 5) is 40.7. The van der Waals surface area contributed by atoms with Crippen LogP contribution in [0.3, 0.4) is 0 Å². The van der Waals surface area contributed by atoms with E-state index >= 15 is 0 Å². The van der Waals surface area contributed by atoms with Crippen LogP contribution < -0.4 is 11.1 Å². The molecule has 1 fully saturated rings. The number of carbonyl (C=O) groups excluding carboxylic acids is 3. The first-order chi connectivity index (χ1) is 19.9. The number of imide groups is 1. The molecule has 3 heterocycles. The van der Waals surface area contributed by atoms with Gasteiger partial charge in [-0.25, -0.2) is 9.67 Å². The highest BCUT2D eigenvalue weighted by Gasteiger charge is 2.39. The number of fused-ring (bicyclic) bond motifs is 1. The Morgan fingerprint density at radius 1 is 0.927 bits per heavy atom. The Kier molecular flexibility index (Phi) is 7.52. The molecule has 1 atom stereocenters. The number of carbonyl (C=O) groups is 3. The highest BCUT2D eigenvalue weighted by Crippen LogP contribution is 2.31. The number of hydrogen-bond donors (Lipinski definition) is 2. The van der Waals surface area contributed by atoms with Crippen LogP contribution >= 0.6 is 0 Å². The van der Waals surface area contributed by atoms with Crippen LogP contribution in [0.2, 0.25) is 0 Å². The average molecular weight is 545 g/mol. The molecule has 11 nitrogen and oxygen atoms in total. The van der Waals surface area contributed by atoms with E-state index in [0.717, 1.165) is 16.7 Å². The Morgan fingerprint density at radius 2 is 1.56 bits per heavy atom. The Morgan fingerprint density at radius 3 is 2.07 bits per heavy atom. The minimum absolute atomic E-state index is 0.150. The zero-order valence-electron chi connectivity index (χ0n) is 21.8. The van der Waals surface area contributed by atoms with E-state index in [9.17, 15) is 14.4 Å². The lowest BCUT2D eigenvalue weighted by atomic mass is 9.97. The van der Waals surface area contributed by atoms with Gasteiger partial charge in [0.25, 0.3) is 5.91 Å². The molecule has 6 rings (SSSR count). The number of rotatable bonds is 4. The highest BCUT2D eigenvalue weighted by atomic mass is 16.2. The van der Waals surface area contributed by atoms with Crippen LogP contribution in [0, 0.1) is 22.7 Å². The lowest BCUT2D eigenvalue weighted by Gasteiger charge is -2.29. The Bertz CT molecular complexity index is 1630. The summed E-state index contributed by atoms with van der Waals surface area (Å²) in [6.07, 6.45) is 3.76. The van der Waals surface area contributed by atoms with Gasteiger partial charge in [0.1, 0.15) is 24.7 Å². The third-order valence-electron chi connectivity index (χ3n) is 7.03. The smallest absolute Gasteiger partial charge is 0.255 e. The van der Waals surface area contributed by atoms with Crippen molar-refractivity contribution in [2.75, 3.05) is 5.73 Å². The van der Waals surface area contributed by atoms with Crippen molar-refractivity contribution in [2.45, 2.75) is 31.5 Å². The molecule has 0 bridgehead atoms. The third kappa shape index (κ3) is 5.51. The zero-order chi connectivity index (χ0) is 28.9. The highest BCUT2D eigenvalue weighted by molar-refractivity contribution is 6.06. The molecule has 1 saturated heterocycles. The lowest BCUT2D eigenvalue weighted by molar-refractivity contribution is -0.136. The van der Waals surface area contributed by atoms with Gasteiger partial charge in [-0.1, -0.05) is 30.3 Å². The number of anilines is 1. The summed E-state index contributed by atoms with van der Waals surface area (Å²) in [5.74, 6) is -0.891. The lowest BCUT2D eigenvalue weighted by Crippen LogP contribution is -2.52. The van der Waals surface area contributed by atoms with Gasteiger partial charge in [-0.15, -0.1) is 0 Å². The molecule has 202 valence electrons. The van der Waals surface area contributed by atoms with Crippen LogP contribution in [0.4, 0.5) is 5.69 Å². The molecule has 0 radical (unpaired) electrons. The number of aromatic nitrogens is 3. The maximum absolute atomic E-state index is 12.3. The maximum atomic E-state index is 12.3. The number of nitrogens with zero attached hydrogens (tertiary/aromatic N) is 6. The summed E-state index contributed by atoms with van der Waals surface area (Å²) >= 11 is 0. The summed E-state index contributed by atoms with van der Waals surface area (Å²) in [6.45, 7) is 0.327. The molecule has 0 saturated carbocycles. The zero-order valence-corrected chi connectivity index (χ0v) is 21.8. The number of nitrogen functional groups attached to an aromatic ring is 1. The van der Waals surface area contributed by atoms with E-state index in [1.807, 2.05) is 24.3 Å². The van der Waals surface area contributed by atoms with Crippen molar-refractivity contribution in [2.24, 2.45) is 0 Å². The van der Waals surface area contributed by atoms with Gasteiger partial charge >= 0.3 is 0 Å². The van der Waals surface area contributed by atoms with E-state index in [4.69, 9.17) is 16.3 Å². The van der Waals surface area contributed by atoms with Crippen molar-refractivity contribution in [1.29, 1.82) is 10.5 Å². The fourth-order valence-corrected chi connectivity index (χ4v) is 4.94. The predicted molar refractivity (Wildman–Crippen MR) is 146 cm³/mol. The Balaban J connectivity index is 0.000000166. The number of benzene rings is 3. The van der Waals surface area contributed by atoms with Crippen LogP contribution in [0.15, 0.2) is 79.4 Å². The summed E-state index contributed by atoms with van der Waals surface area (Å²) in [6, 6.07) is 23.4. The van der Waals surface area contributed by atoms with Crippen molar-refractivity contribution in [3.05, 3.63) is 113 Å². The van der Waals surface area contributed by atoms with Crippen LogP contribution in [0.1, 0.15) is 57.1 Å². The summed E-state index contributed by atoms with van der Waals surface area (Å²) in [7, 11) is 0. The fourth-order valence-electron chi connectivity index (χ4n) is 4.94. The van der Waals surface area contributed by atoms with Gasteiger partial charge in [-0.05, 0) is 53.9 Å². The van der Waals surface area contributed by atoms with Gasteiger partial charge in [-0.2, -0.15) is 15.6 Å². The Labute approximate surface area is 235 Å². The molecular weight excluding hydrogens is 520 g/mol. The second kappa shape index (κ2) is 11.5.